The number of likely N-dealkylation sites (N-methyl/N-ethyl adjacent to an activating group) is 1. The van der Waals surface area contributed by atoms with E-state index in [1.165, 1.54) is 0 Å². The molecule has 0 saturated heterocycles. The maximum Gasteiger partial charge on any atom is 0.252 e. The Labute approximate surface area is 159 Å². The minimum absolute atomic E-state index is 0.0538. The molecule has 0 aromatic heterocycles. The van der Waals surface area contributed by atoms with Gasteiger partial charge >= 0.3 is 0 Å². The van der Waals surface area contributed by atoms with E-state index in [1.807, 2.05) is 28.2 Å². The average molecular weight is 380 g/mol. The van der Waals surface area contributed by atoms with Crippen LogP contribution in [0, 0.1) is 0 Å². The summed E-state index contributed by atoms with van der Waals surface area (Å²) in [6.45, 7) is 0.468. The highest BCUT2D eigenvalue weighted by Crippen LogP contribution is 2.23. The molecule has 1 atom stereocenters. The topological polar surface area (TPSA) is 35.6 Å². The molecule has 4 nitrogen and oxygen atoms in total. The van der Waals surface area contributed by atoms with Crippen molar-refractivity contribution in [1.82, 2.24) is 10.2 Å². The lowest BCUT2D eigenvalue weighted by Crippen LogP contribution is -2.34. The number of carbonyl (C=O) groups is 1. The molecular weight excluding hydrogens is 357 g/mol. The summed E-state index contributed by atoms with van der Waals surface area (Å²) in [7, 11) is 7.99. The van der Waals surface area contributed by atoms with Crippen molar-refractivity contribution in [3.8, 4) is 0 Å². The summed E-state index contributed by atoms with van der Waals surface area (Å²) in [5, 5.41) is 3.82. The van der Waals surface area contributed by atoms with Gasteiger partial charge in [0.2, 0.25) is 0 Å². The number of carbonyl (C=O) groups excluding carboxylic acids is 1. The monoisotopic (exact) mass is 379 g/mol. The number of rotatable bonds is 6. The summed E-state index contributed by atoms with van der Waals surface area (Å²) in [6.07, 6.45) is 0. The predicted molar refractivity (Wildman–Crippen MR) is 106 cm³/mol. The first-order valence-corrected chi connectivity index (χ1v) is 8.72. The van der Waals surface area contributed by atoms with Gasteiger partial charge in [-0.15, -0.1) is 0 Å². The molecule has 1 amide bonds. The number of anilines is 1. The third-order valence-electron chi connectivity index (χ3n) is 4.05. The Hall–Kier alpha value is -1.75. The highest BCUT2D eigenvalue weighted by atomic mass is 35.5. The van der Waals surface area contributed by atoms with Crippen LogP contribution in [0.1, 0.15) is 22.0 Å². The van der Waals surface area contributed by atoms with Crippen LogP contribution in [0.25, 0.3) is 0 Å². The van der Waals surface area contributed by atoms with Crippen LogP contribution in [-0.4, -0.2) is 45.5 Å². The van der Waals surface area contributed by atoms with Gasteiger partial charge in [0.05, 0.1) is 16.6 Å². The summed E-state index contributed by atoms with van der Waals surface area (Å²) >= 11 is 12.1. The van der Waals surface area contributed by atoms with Gasteiger partial charge < -0.3 is 15.1 Å². The quantitative estimate of drug-likeness (QED) is 0.820. The minimum Gasteiger partial charge on any atom is -0.378 e. The Morgan fingerprint density at radius 3 is 2.24 bits per heavy atom. The summed E-state index contributed by atoms with van der Waals surface area (Å²) in [5.41, 5.74) is 2.65. The van der Waals surface area contributed by atoms with Crippen molar-refractivity contribution in [2.75, 3.05) is 39.6 Å². The fraction of sp³-hybridized carbons (Fsp3) is 0.316. The largest absolute Gasteiger partial charge is 0.378 e. The van der Waals surface area contributed by atoms with Crippen molar-refractivity contribution >= 4 is 34.8 Å². The molecule has 0 unspecified atom stereocenters. The molecule has 0 aliphatic carbocycles. The minimum atomic E-state index is -0.232. The van der Waals surface area contributed by atoms with Gasteiger partial charge in [0.1, 0.15) is 0 Å². The van der Waals surface area contributed by atoms with Crippen molar-refractivity contribution in [1.29, 1.82) is 0 Å². The van der Waals surface area contributed by atoms with E-state index in [0.717, 1.165) is 11.3 Å². The van der Waals surface area contributed by atoms with Crippen LogP contribution < -0.4 is 10.2 Å². The summed E-state index contributed by atoms with van der Waals surface area (Å²) in [4.78, 5) is 16.6. The van der Waals surface area contributed by atoms with Crippen LogP contribution in [0.4, 0.5) is 5.69 Å². The number of amides is 1. The Morgan fingerprint density at radius 1 is 1.04 bits per heavy atom. The van der Waals surface area contributed by atoms with Gasteiger partial charge in [0.25, 0.3) is 5.91 Å². The standard InChI is InChI=1S/C19H23Cl2N3O/c1-23(2)15-8-5-13(6-9-15)18(24(3)4)12-22-19(25)16-11-14(20)7-10-17(16)21/h5-11,18H,12H2,1-4H3,(H,22,25)/t18-/m1/s1. The molecule has 0 aliphatic rings. The van der Waals surface area contributed by atoms with Crippen molar-refractivity contribution in [3.05, 3.63) is 63.6 Å². The summed E-state index contributed by atoms with van der Waals surface area (Å²) < 4.78 is 0. The van der Waals surface area contributed by atoms with Crippen LogP contribution >= 0.6 is 23.2 Å². The Balaban J connectivity index is 2.11. The second kappa shape index (κ2) is 8.56. The van der Waals surface area contributed by atoms with E-state index in [-0.39, 0.29) is 11.9 Å². The molecule has 0 radical (unpaired) electrons. The maximum atomic E-state index is 12.4. The van der Waals surface area contributed by atoms with E-state index in [0.29, 0.717) is 22.2 Å². The molecule has 2 rings (SSSR count). The number of hydrogen-bond donors (Lipinski definition) is 1. The van der Waals surface area contributed by atoms with Gasteiger partial charge in [-0.05, 0) is 50.0 Å². The van der Waals surface area contributed by atoms with Crippen molar-refractivity contribution in [2.45, 2.75) is 6.04 Å². The smallest absolute Gasteiger partial charge is 0.252 e. The molecule has 25 heavy (non-hydrogen) atoms. The molecule has 2 aromatic carbocycles. The van der Waals surface area contributed by atoms with E-state index in [4.69, 9.17) is 23.2 Å². The van der Waals surface area contributed by atoms with Crippen molar-refractivity contribution in [3.63, 3.8) is 0 Å². The molecular formula is C19H23Cl2N3O. The molecule has 0 bridgehead atoms. The molecule has 0 aliphatic heterocycles. The van der Waals surface area contributed by atoms with Crippen LogP contribution in [0.3, 0.4) is 0 Å². The van der Waals surface area contributed by atoms with Crippen LogP contribution in [0.5, 0.6) is 0 Å². The van der Waals surface area contributed by atoms with Gasteiger partial charge in [-0.3, -0.25) is 4.79 Å². The van der Waals surface area contributed by atoms with Gasteiger partial charge in [0.15, 0.2) is 0 Å². The Bertz CT molecular complexity index is 730. The highest BCUT2D eigenvalue weighted by Gasteiger charge is 2.17. The highest BCUT2D eigenvalue weighted by molar-refractivity contribution is 6.35. The zero-order valence-corrected chi connectivity index (χ0v) is 16.4. The zero-order chi connectivity index (χ0) is 18.6. The Kier molecular flexibility index (Phi) is 6.71. The second-order valence-corrected chi connectivity index (χ2v) is 7.14. The Morgan fingerprint density at radius 2 is 1.68 bits per heavy atom. The SMILES string of the molecule is CN(C)c1ccc([C@@H](CNC(=O)c2cc(Cl)ccc2Cl)N(C)C)cc1. The van der Waals surface area contributed by atoms with Crippen LogP contribution in [0.2, 0.25) is 10.0 Å². The molecule has 0 heterocycles. The lowest BCUT2D eigenvalue weighted by atomic mass is 10.0. The van der Waals surface area contributed by atoms with Gasteiger partial charge in [-0.1, -0.05) is 35.3 Å². The molecule has 1 N–H and O–H groups in total. The summed E-state index contributed by atoms with van der Waals surface area (Å²) in [5.74, 6) is -0.232. The fourth-order valence-corrected chi connectivity index (χ4v) is 2.92. The molecule has 0 spiro atoms. The van der Waals surface area contributed by atoms with Crippen molar-refractivity contribution < 1.29 is 4.79 Å². The first-order valence-electron chi connectivity index (χ1n) is 7.96. The molecule has 6 heteroatoms. The lowest BCUT2D eigenvalue weighted by Gasteiger charge is -2.26. The number of halogens is 2. The molecule has 2 aromatic rings. The predicted octanol–water partition coefficient (Wildman–Crippen LogP) is 4.09. The van der Waals surface area contributed by atoms with Crippen LogP contribution in [-0.2, 0) is 0 Å². The zero-order valence-electron chi connectivity index (χ0n) is 14.9. The van der Waals surface area contributed by atoms with Crippen LogP contribution in [0.15, 0.2) is 42.5 Å². The van der Waals surface area contributed by atoms with Gasteiger partial charge in [0, 0.05) is 31.4 Å². The average Bonchev–Trinajstić information content (AvgIpc) is 2.57. The van der Waals surface area contributed by atoms with E-state index in [9.17, 15) is 4.79 Å². The first-order chi connectivity index (χ1) is 11.8. The van der Waals surface area contributed by atoms with E-state index in [2.05, 4.69) is 39.4 Å². The third kappa shape index (κ3) is 5.11. The lowest BCUT2D eigenvalue weighted by molar-refractivity contribution is 0.0942. The van der Waals surface area contributed by atoms with E-state index >= 15 is 0 Å². The molecule has 0 saturated carbocycles. The van der Waals surface area contributed by atoms with Gasteiger partial charge in [-0.25, -0.2) is 0 Å². The number of hydrogen-bond acceptors (Lipinski definition) is 3. The number of nitrogens with zero attached hydrogens (tertiary/aromatic N) is 2. The molecule has 0 fully saturated rings. The summed E-state index contributed by atoms with van der Waals surface area (Å²) in [6, 6.07) is 13.2. The molecule has 134 valence electrons. The van der Waals surface area contributed by atoms with E-state index < -0.39 is 0 Å². The number of nitrogens with one attached hydrogen (secondary N) is 1. The second-order valence-electron chi connectivity index (χ2n) is 6.30. The first kappa shape index (κ1) is 19.6. The van der Waals surface area contributed by atoms with E-state index in [1.54, 1.807) is 18.2 Å². The number of benzene rings is 2. The normalized spacial score (nSPS) is 12.1. The maximum absolute atomic E-state index is 12.4. The fourth-order valence-electron chi connectivity index (χ4n) is 2.55. The third-order valence-corrected chi connectivity index (χ3v) is 4.61. The van der Waals surface area contributed by atoms with Crippen molar-refractivity contribution in [2.24, 2.45) is 0 Å². The van der Waals surface area contributed by atoms with Gasteiger partial charge in [-0.2, -0.15) is 0 Å².